The number of hydrogen-bond donors (Lipinski definition) is 0. The maximum atomic E-state index is 5.46. The second-order valence-corrected chi connectivity index (χ2v) is 17.3. The number of thiophene rings is 1. The lowest BCUT2D eigenvalue weighted by molar-refractivity contribution is 1.06. The average molecular weight is 862 g/mol. The Bertz CT molecular complexity index is 3930. The van der Waals surface area contributed by atoms with Gasteiger partial charge in [-0.3, -0.25) is 0 Å². The molecule has 9 aromatic carbocycles. The number of rotatable bonds is 7. The first-order valence-electron chi connectivity index (χ1n) is 21.9. The number of para-hydroxylation sites is 1. The van der Waals surface area contributed by atoms with Crippen molar-refractivity contribution in [2.45, 2.75) is 0 Å². The molecule has 0 unspecified atom stereocenters. The third-order valence-electron chi connectivity index (χ3n) is 12.3. The number of fused-ring (bicyclic) bond motifs is 8. The van der Waals surface area contributed by atoms with Crippen molar-refractivity contribution in [3.8, 4) is 74.0 Å². The van der Waals surface area contributed by atoms with Crippen LogP contribution < -0.4 is 0 Å². The molecule has 4 aromatic heterocycles. The molecule has 0 fully saturated rings. The van der Waals surface area contributed by atoms with E-state index in [2.05, 4.69) is 138 Å². The monoisotopic (exact) mass is 861 g/mol. The molecule has 0 spiro atoms. The van der Waals surface area contributed by atoms with Gasteiger partial charge < -0.3 is 4.57 Å². The largest absolute Gasteiger partial charge is 0.308 e. The third-order valence-corrected chi connectivity index (χ3v) is 13.4. The lowest BCUT2D eigenvalue weighted by atomic mass is 10.0. The standard InChI is InChI=1S/C58H35N7S/c1-4-18-37(19-5-1)53-59-54(38-20-6-2-7-21-38)61-56(60-53)40-31-33-48(65-47-29-14-12-26-42(47)43-32-34-50-51(52(43)65)45-27-13-15-30-49(45)66-50)46(35-40)58-63-55(39-22-8-3-9-23-39)62-57(64-58)44-28-16-24-36-17-10-11-25-41(36)44/h1-35H. The highest BCUT2D eigenvalue weighted by Crippen LogP contribution is 2.45. The Morgan fingerprint density at radius 3 is 1.52 bits per heavy atom. The van der Waals surface area contributed by atoms with Gasteiger partial charge in [0.2, 0.25) is 0 Å². The summed E-state index contributed by atoms with van der Waals surface area (Å²) in [5.74, 6) is 3.39. The van der Waals surface area contributed by atoms with Crippen LogP contribution >= 0.6 is 11.3 Å². The molecule has 7 nitrogen and oxygen atoms in total. The Balaban J connectivity index is 1.15. The molecule has 8 heteroatoms. The predicted octanol–water partition coefficient (Wildman–Crippen LogP) is 14.7. The van der Waals surface area contributed by atoms with Crippen molar-refractivity contribution >= 4 is 64.1 Å². The van der Waals surface area contributed by atoms with Gasteiger partial charge in [-0.05, 0) is 47.2 Å². The van der Waals surface area contributed by atoms with Gasteiger partial charge in [-0.25, -0.2) is 29.9 Å². The highest BCUT2D eigenvalue weighted by atomic mass is 32.1. The average Bonchev–Trinajstić information content (AvgIpc) is 3.95. The molecule has 66 heavy (non-hydrogen) atoms. The zero-order valence-electron chi connectivity index (χ0n) is 35.2. The summed E-state index contributed by atoms with van der Waals surface area (Å²) < 4.78 is 4.88. The summed E-state index contributed by atoms with van der Waals surface area (Å²) in [4.78, 5) is 31.4. The van der Waals surface area contributed by atoms with Crippen molar-refractivity contribution in [3.05, 3.63) is 212 Å². The smallest absolute Gasteiger partial charge is 0.166 e. The summed E-state index contributed by atoms with van der Waals surface area (Å²) in [6.45, 7) is 0. The summed E-state index contributed by atoms with van der Waals surface area (Å²) in [6, 6.07) is 73.3. The molecule has 13 rings (SSSR count). The van der Waals surface area contributed by atoms with Crippen LogP contribution in [0.3, 0.4) is 0 Å². The van der Waals surface area contributed by atoms with Gasteiger partial charge in [-0.1, -0.05) is 176 Å². The molecule has 308 valence electrons. The third kappa shape index (κ3) is 6.34. The van der Waals surface area contributed by atoms with Crippen LogP contribution in [0.5, 0.6) is 0 Å². The molecule has 0 aliphatic heterocycles. The summed E-state index contributed by atoms with van der Waals surface area (Å²) in [7, 11) is 0. The fourth-order valence-corrected chi connectivity index (χ4v) is 10.4. The molecule has 13 aromatic rings. The molecule has 0 N–H and O–H groups in total. The highest BCUT2D eigenvalue weighted by Gasteiger charge is 2.24. The maximum absolute atomic E-state index is 5.46. The van der Waals surface area contributed by atoms with Crippen molar-refractivity contribution in [2.24, 2.45) is 0 Å². The minimum atomic E-state index is 0.526. The Morgan fingerprint density at radius 2 is 0.833 bits per heavy atom. The van der Waals surface area contributed by atoms with E-state index in [1.807, 2.05) is 90.2 Å². The van der Waals surface area contributed by atoms with Crippen molar-refractivity contribution in [3.63, 3.8) is 0 Å². The normalized spacial score (nSPS) is 11.6. The first-order valence-corrected chi connectivity index (χ1v) is 22.7. The number of nitrogens with zero attached hydrogens (tertiary/aromatic N) is 7. The van der Waals surface area contributed by atoms with Crippen molar-refractivity contribution in [1.82, 2.24) is 34.5 Å². The number of aromatic nitrogens is 7. The minimum absolute atomic E-state index is 0.526. The summed E-state index contributed by atoms with van der Waals surface area (Å²) in [6.07, 6.45) is 0. The van der Waals surface area contributed by atoms with E-state index in [1.165, 1.54) is 25.6 Å². The fraction of sp³-hybridized carbons (Fsp3) is 0. The van der Waals surface area contributed by atoms with Crippen LogP contribution in [-0.4, -0.2) is 34.5 Å². The Kier molecular flexibility index (Phi) is 8.89. The Hall–Kier alpha value is -8.72. The molecule has 0 saturated heterocycles. The van der Waals surface area contributed by atoms with E-state index < -0.39 is 0 Å². The zero-order valence-corrected chi connectivity index (χ0v) is 36.1. The fourth-order valence-electron chi connectivity index (χ4n) is 9.26. The molecule has 0 bridgehead atoms. The van der Waals surface area contributed by atoms with E-state index in [4.69, 9.17) is 29.9 Å². The first-order chi connectivity index (χ1) is 32.7. The van der Waals surface area contributed by atoms with E-state index in [0.717, 1.165) is 66.3 Å². The van der Waals surface area contributed by atoms with E-state index in [-0.39, 0.29) is 0 Å². The first kappa shape index (κ1) is 37.8. The summed E-state index contributed by atoms with van der Waals surface area (Å²) >= 11 is 1.82. The van der Waals surface area contributed by atoms with Crippen LogP contribution in [0.25, 0.3) is 127 Å². The van der Waals surface area contributed by atoms with Gasteiger partial charge in [-0.2, -0.15) is 0 Å². The maximum Gasteiger partial charge on any atom is 0.166 e. The number of benzene rings is 9. The highest BCUT2D eigenvalue weighted by molar-refractivity contribution is 7.26. The van der Waals surface area contributed by atoms with Gasteiger partial charge in [0, 0.05) is 64.3 Å². The van der Waals surface area contributed by atoms with Crippen LogP contribution in [0.2, 0.25) is 0 Å². The van der Waals surface area contributed by atoms with Crippen LogP contribution in [0.1, 0.15) is 0 Å². The molecular weight excluding hydrogens is 827 g/mol. The molecule has 0 amide bonds. The Morgan fingerprint density at radius 1 is 0.318 bits per heavy atom. The van der Waals surface area contributed by atoms with Crippen LogP contribution in [0.15, 0.2) is 212 Å². The molecule has 4 heterocycles. The second-order valence-electron chi connectivity index (χ2n) is 16.3. The second kappa shape index (κ2) is 15.5. The molecular formula is C58H35N7S. The van der Waals surface area contributed by atoms with Crippen LogP contribution in [0, 0.1) is 0 Å². The summed E-state index contributed by atoms with van der Waals surface area (Å²) in [5.41, 5.74) is 8.34. The predicted molar refractivity (Wildman–Crippen MR) is 271 cm³/mol. The molecule has 0 radical (unpaired) electrons. The molecule has 0 atom stereocenters. The minimum Gasteiger partial charge on any atom is -0.308 e. The lowest BCUT2D eigenvalue weighted by Crippen LogP contribution is -2.05. The van der Waals surface area contributed by atoms with Crippen molar-refractivity contribution in [1.29, 1.82) is 0 Å². The van der Waals surface area contributed by atoms with E-state index in [9.17, 15) is 0 Å². The van der Waals surface area contributed by atoms with Gasteiger partial charge in [0.1, 0.15) is 0 Å². The quantitative estimate of drug-likeness (QED) is 0.159. The number of hydrogen-bond acceptors (Lipinski definition) is 7. The molecule has 0 aliphatic rings. The van der Waals surface area contributed by atoms with Gasteiger partial charge in [0.25, 0.3) is 0 Å². The topological polar surface area (TPSA) is 82.3 Å². The van der Waals surface area contributed by atoms with E-state index in [1.54, 1.807) is 0 Å². The van der Waals surface area contributed by atoms with Crippen molar-refractivity contribution < 1.29 is 0 Å². The van der Waals surface area contributed by atoms with Gasteiger partial charge in [0.05, 0.1) is 16.7 Å². The lowest BCUT2D eigenvalue weighted by Gasteiger charge is -2.17. The Labute approximate surface area is 383 Å². The summed E-state index contributed by atoms with van der Waals surface area (Å²) in [5, 5.41) is 6.94. The van der Waals surface area contributed by atoms with E-state index in [0.29, 0.717) is 34.9 Å². The SMILES string of the molecule is c1ccc(-c2nc(-c3ccccc3)nc(-c3ccc(-n4c5ccccc5c5ccc6sc7ccccc7c6c54)c(-c4nc(-c5ccccc5)nc(-c5cccc6ccccc56)n4)c3)n2)cc1. The van der Waals surface area contributed by atoms with Gasteiger partial charge in [0.15, 0.2) is 34.9 Å². The van der Waals surface area contributed by atoms with Crippen LogP contribution in [0.4, 0.5) is 0 Å². The van der Waals surface area contributed by atoms with Gasteiger partial charge >= 0.3 is 0 Å². The van der Waals surface area contributed by atoms with Crippen LogP contribution in [-0.2, 0) is 0 Å². The molecule has 0 saturated carbocycles. The van der Waals surface area contributed by atoms with Crippen molar-refractivity contribution in [2.75, 3.05) is 0 Å². The zero-order chi connectivity index (χ0) is 43.6. The van der Waals surface area contributed by atoms with Gasteiger partial charge in [-0.15, -0.1) is 11.3 Å². The van der Waals surface area contributed by atoms with E-state index >= 15 is 0 Å². The molecule has 0 aliphatic carbocycles.